The van der Waals surface area contributed by atoms with E-state index in [2.05, 4.69) is 5.32 Å². The summed E-state index contributed by atoms with van der Waals surface area (Å²) >= 11 is 0. The first-order valence-electron chi connectivity index (χ1n) is 4.72. The van der Waals surface area contributed by atoms with Crippen LogP contribution in [0.5, 0.6) is 0 Å². The second kappa shape index (κ2) is 4.46. The standard InChI is InChI=1S/C8H16N2O4S/c1-6-4-10(15(2,13)14)5-7(9-6)3-8(11)12/h6-7,9H,3-5H2,1-2H3,(H,11,12)/t6-,7+/m1/s1. The highest BCUT2D eigenvalue weighted by Gasteiger charge is 2.30. The minimum Gasteiger partial charge on any atom is -0.481 e. The van der Waals surface area contributed by atoms with Crippen molar-refractivity contribution in [2.45, 2.75) is 25.4 Å². The Labute approximate surface area is 89.3 Å². The molecule has 1 fully saturated rings. The Hall–Kier alpha value is -0.660. The van der Waals surface area contributed by atoms with Crippen LogP contribution in [0, 0.1) is 0 Å². The van der Waals surface area contributed by atoms with E-state index >= 15 is 0 Å². The van der Waals surface area contributed by atoms with E-state index in [9.17, 15) is 13.2 Å². The number of carboxylic acids is 1. The summed E-state index contributed by atoms with van der Waals surface area (Å²) in [5.41, 5.74) is 0. The van der Waals surface area contributed by atoms with E-state index in [-0.39, 0.29) is 25.0 Å². The lowest BCUT2D eigenvalue weighted by Gasteiger charge is -2.35. The molecule has 7 heteroatoms. The van der Waals surface area contributed by atoms with Crippen molar-refractivity contribution in [2.75, 3.05) is 19.3 Å². The van der Waals surface area contributed by atoms with Gasteiger partial charge in [0.1, 0.15) is 0 Å². The highest BCUT2D eigenvalue weighted by molar-refractivity contribution is 7.88. The molecule has 0 aliphatic carbocycles. The molecule has 2 atom stereocenters. The van der Waals surface area contributed by atoms with Crippen LogP contribution in [0.25, 0.3) is 0 Å². The van der Waals surface area contributed by atoms with Gasteiger partial charge in [0.25, 0.3) is 0 Å². The molecule has 0 spiro atoms. The van der Waals surface area contributed by atoms with Crippen LogP contribution in [0.3, 0.4) is 0 Å². The topological polar surface area (TPSA) is 86.7 Å². The molecule has 1 rings (SSSR count). The summed E-state index contributed by atoms with van der Waals surface area (Å²) in [6.45, 7) is 2.47. The first-order chi connectivity index (χ1) is 6.79. The number of nitrogens with zero attached hydrogens (tertiary/aromatic N) is 1. The zero-order chi connectivity index (χ0) is 11.6. The van der Waals surface area contributed by atoms with E-state index in [4.69, 9.17) is 5.11 Å². The molecule has 0 unspecified atom stereocenters. The summed E-state index contributed by atoms with van der Waals surface area (Å²) in [7, 11) is -3.23. The van der Waals surface area contributed by atoms with Crippen molar-refractivity contribution in [1.29, 1.82) is 0 Å². The van der Waals surface area contributed by atoms with Crippen LogP contribution in [-0.4, -0.2) is 55.2 Å². The highest BCUT2D eigenvalue weighted by Crippen LogP contribution is 2.10. The number of sulfonamides is 1. The van der Waals surface area contributed by atoms with Gasteiger partial charge in [0.05, 0.1) is 12.7 Å². The predicted octanol–water partition coefficient (Wildman–Crippen LogP) is -0.917. The summed E-state index contributed by atoms with van der Waals surface area (Å²) < 4.78 is 23.9. The normalized spacial score (nSPS) is 28.9. The average Bonchev–Trinajstić information content (AvgIpc) is 1.99. The first-order valence-corrected chi connectivity index (χ1v) is 6.57. The molecule has 0 saturated carbocycles. The molecule has 88 valence electrons. The van der Waals surface area contributed by atoms with Gasteiger partial charge in [-0.25, -0.2) is 8.42 Å². The number of carbonyl (C=O) groups is 1. The van der Waals surface area contributed by atoms with Crippen molar-refractivity contribution in [1.82, 2.24) is 9.62 Å². The van der Waals surface area contributed by atoms with Gasteiger partial charge in [0, 0.05) is 25.2 Å². The SMILES string of the molecule is C[C@@H]1CN(S(C)(=O)=O)C[C@H](CC(=O)O)N1. The fraction of sp³-hybridized carbons (Fsp3) is 0.875. The van der Waals surface area contributed by atoms with Gasteiger partial charge >= 0.3 is 5.97 Å². The van der Waals surface area contributed by atoms with Crippen LogP contribution in [0.15, 0.2) is 0 Å². The highest BCUT2D eigenvalue weighted by atomic mass is 32.2. The molecular formula is C8H16N2O4S. The van der Waals surface area contributed by atoms with Gasteiger partial charge in [-0.2, -0.15) is 4.31 Å². The molecule has 0 amide bonds. The summed E-state index contributed by atoms with van der Waals surface area (Å²) in [6, 6.07) is -0.321. The molecule has 1 aliphatic rings. The summed E-state index contributed by atoms with van der Waals surface area (Å²) in [4.78, 5) is 10.5. The van der Waals surface area contributed by atoms with Gasteiger partial charge < -0.3 is 10.4 Å². The van der Waals surface area contributed by atoms with E-state index in [1.54, 1.807) is 0 Å². The van der Waals surface area contributed by atoms with Crippen LogP contribution in [-0.2, 0) is 14.8 Å². The van der Waals surface area contributed by atoms with Crippen LogP contribution >= 0.6 is 0 Å². The predicted molar refractivity (Wildman–Crippen MR) is 55.1 cm³/mol. The molecule has 15 heavy (non-hydrogen) atoms. The molecule has 1 heterocycles. The minimum atomic E-state index is -3.23. The molecule has 2 N–H and O–H groups in total. The molecule has 0 bridgehead atoms. The zero-order valence-corrected chi connectivity index (χ0v) is 9.62. The number of carboxylic acid groups (broad SMARTS) is 1. The average molecular weight is 236 g/mol. The lowest BCUT2D eigenvalue weighted by molar-refractivity contribution is -0.137. The van der Waals surface area contributed by atoms with Crippen molar-refractivity contribution in [3.63, 3.8) is 0 Å². The van der Waals surface area contributed by atoms with Gasteiger partial charge in [-0.15, -0.1) is 0 Å². The quantitative estimate of drug-likeness (QED) is 0.662. The molecule has 1 aliphatic heterocycles. The molecule has 0 aromatic rings. The third-order valence-corrected chi connectivity index (χ3v) is 3.55. The Balaban J connectivity index is 2.68. The van der Waals surface area contributed by atoms with Crippen LogP contribution in [0.4, 0.5) is 0 Å². The lowest BCUT2D eigenvalue weighted by Crippen LogP contribution is -2.57. The lowest BCUT2D eigenvalue weighted by atomic mass is 10.1. The Bertz CT molecular complexity index is 341. The molecule has 0 aromatic heterocycles. The third-order valence-electron chi connectivity index (χ3n) is 2.31. The Morgan fingerprint density at radius 1 is 1.53 bits per heavy atom. The second-order valence-electron chi connectivity index (χ2n) is 3.94. The molecular weight excluding hydrogens is 220 g/mol. The Morgan fingerprint density at radius 2 is 2.13 bits per heavy atom. The molecule has 6 nitrogen and oxygen atoms in total. The first kappa shape index (κ1) is 12.4. The van der Waals surface area contributed by atoms with Gasteiger partial charge in [0.2, 0.25) is 10.0 Å². The van der Waals surface area contributed by atoms with Crippen LogP contribution in [0.1, 0.15) is 13.3 Å². The van der Waals surface area contributed by atoms with Gasteiger partial charge in [-0.1, -0.05) is 0 Å². The smallest absolute Gasteiger partial charge is 0.304 e. The van der Waals surface area contributed by atoms with E-state index in [0.717, 1.165) is 6.26 Å². The monoisotopic (exact) mass is 236 g/mol. The summed E-state index contributed by atoms with van der Waals surface area (Å²) in [5.74, 6) is -0.921. The van der Waals surface area contributed by atoms with E-state index in [1.807, 2.05) is 6.92 Å². The van der Waals surface area contributed by atoms with Crippen LogP contribution in [0.2, 0.25) is 0 Å². The van der Waals surface area contributed by atoms with Gasteiger partial charge in [0.15, 0.2) is 0 Å². The fourth-order valence-electron chi connectivity index (χ4n) is 1.74. The fourth-order valence-corrected chi connectivity index (χ4v) is 2.68. The van der Waals surface area contributed by atoms with E-state index in [1.165, 1.54) is 4.31 Å². The third kappa shape index (κ3) is 3.77. The van der Waals surface area contributed by atoms with Crippen molar-refractivity contribution in [3.8, 4) is 0 Å². The molecule has 0 aromatic carbocycles. The van der Waals surface area contributed by atoms with Crippen molar-refractivity contribution in [3.05, 3.63) is 0 Å². The molecule has 1 saturated heterocycles. The molecule has 0 radical (unpaired) electrons. The Morgan fingerprint density at radius 3 is 2.60 bits per heavy atom. The summed E-state index contributed by atoms with van der Waals surface area (Å²) in [6.07, 6.45) is 1.08. The van der Waals surface area contributed by atoms with E-state index < -0.39 is 16.0 Å². The number of aliphatic carboxylic acids is 1. The van der Waals surface area contributed by atoms with Gasteiger partial charge in [-0.05, 0) is 6.92 Å². The zero-order valence-electron chi connectivity index (χ0n) is 8.80. The largest absolute Gasteiger partial charge is 0.481 e. The van der Waals surface area contributed by atoms with Gasteiger partial charge in [-0.3, -0.25) is 4.79 Å². The maximum absolute atomic E-state index is 11.3. The number of hydrogen-bond donors (Lipinski definition) is 2. The Kier molecular flexibility index (Phi) is 3.69. The number of hydrogen-bond acceptors (Lipinski definition) is 4. The van der Waals surface area contributed by atoms with E-state index in [0.29, 0.717) is 6.54 Å². The van der Waals surface area contributed by atoms with Crippen molar-refractivity contribution >= 4 is 16.0 Å². The second-order valence-corrected chi connectivity index (χ2v) is 5.92. The maximum Gasteiger partial charge on any atom is 0.304 e. The van der Waals surface area contributed by atoms with Crippen molar-refractivity contribution in [2.24, 2.45) is 0 Å². The van der Waals surface area contributed by atoms with Crippen molar-refractivity contribution < 1.29 is 18.3 Å². The minimum absolute atomic E-state index is 0.0159. The number of rotatable bonds is 3. The van der Waals surface area contributed by atoms with Crippen LogP contribution < -0.4 is 5.32 Å². The number of piperazine rings is 1. The summed E-state index contributed by atoms with van der Waals surface area (Å²) in [5, 5.41) is 11.7. The maximum atomic E-state index is 11.3. The number of nitrogens with one attached hydrogen (secondary N) is 1.